The number of halogens is 1. The Morgan fingerprint density at radius 2 is 2.21 bits per heavy atom. The molecule has 19 heavy (non-hydrogen) atoms. The summed E-state index contributed by atoms with van der Waals surface area (Å²) in [5.74, 6) is 0. The molecular weight excluding hydrogens is 262 g/mol. The van der Waals surface area contributed by atoms with Gasteiger partial charge < -0.3 is 9.88 Å². The standard InChI is InChI=1S/C13H20ClN5/c1-4-15-6-5-11-7-19(9-16-11)8-12-10(2)17-18(3)13(12)14/h7,9,15H,4-6,8H2,1-3H3. The van der Waals surface area contributed by atoms with Gasteiger partial charge in [-0.3, -0.25) is 4.68 Å². The normalized spacial score (nSPS) is 11.2. The summed E-state index contributed by atoms with van der Waals surface area (Å²) in [6, 6.07) is 0. The number of hydrogen-bond acceptors (Lipinski definition) is 3. The van der Waals surface area contributed by atoms with Gasteiger partial charge in [0.1, 0.15) is 5.15 Å². The first kappa shape index (κ1) is 14.1. The summed E-state index contributed by atoms with van der Waals surface area (Å²) in [5.41, 5.74) is 3.12. The van der Waals surface area contributed by atoms with Crippen molar-refractivity contribution < 1.29 is 0 Å². The number of nitrogens with one attached hydrogen (secondary N) is 1. The largest absolute Gasteiger partial charge is 0.333 e. The van der Waals surface area contributed by atoms with Gasteiger partial charge in [0, 0.05) is 31.8 Å². The summed E-state index contributed by atoms with van der Waals surface area (Å²) in [5, 5.41) is 8.30. The lowest BCUT2D eigenvalue weighted by molar-refractivity contribution is 0.708. The predicted octanol–water partition coefficient (Wildman–Crippen LogP) is 1.78. The Labute approximate surface area is 118 Å². The summed E-state index contributed by atoms with van der Waals surface area (Å²) in [4.78, 5) is 4.40. The molecular formula is C13H20ClN5. The molecule has 104 valence electrons. The Morgan fingerprint density at radius 3 is 2.84 bits per heavy atom. The van der Waals surface area contributed by atoms with Gasteiger partial charge in [0.25, 0.3) is 0 Å². The zero-order valence-electron chi connectivity index (χ0n) is 11.6. The Hall–Kier alpha value is -1.33. The third-order valence-corrected chi connectivity index (χ3v) is 3.58. The molecule has 0 bridgehead atoms. The first-order valence-electron chi connectivity index (χ1n) is 6.51. The molecule has 0 saturated heterocycles. The molecule has 0 aliphatic heterocycles. The van der Waals surface area contributed by atoms with Crippen LogP contribution in [-0.2, 0) is 20.0 Å². The van der Waals surface area contributed by atoms with Crippen molar-refractivity contribution in [3.05, 3.63) is 34.6 Å². The van der Waals surface area contributed by atoms with Gasteiger partial charge in [0.05, 0.1) is 24.3 Å². The summed E-state index contributed by atoms with van der Waals surface area (Å²) in [6.07, 6.45) is 4.87. The van der Waals surface area contributed by atoms with Crippen molar-refractivity contribution in [2.45, 2.75) is 26.8 Å². The molecule has 0 fully saturated rings. The molecule has 0 unspecified atom stereocenters. The van der Waals surface area contributed by atoms with Crippen molar-refractivity contribution in [1.29, 1.82) is 0 Å². The predicted molar refractivity (Wildman–Crippen MR) is 76.5 cm³/mol. The first-order chi connectivity index (χ1) is 9.11. The zero-order chi connectivity index (χ0) is 13.8. The molecule has 0 aromatic carbocycles. The highest BCUT2D eigenvalue weighted by Crippen LogP contribution is 2.19. The van der Waals surface area contributed by atoms with Crippen LogP contribution in [0, 0.1) is 6.92 Å². The van der Waals surface area contributed by atoms with Gasteiger partial charge in [-0.15, -0.1) is 0 Å². The Bertz CT molecular complexity index is 543. The van der Waals surface area contributed by atoms with Crippen LogP contribution in [0.4, 0.5) is 0 Å². The number of likely N-dealkylation sites (N-methyl/N-ethyl adjacent to an activating group) is 1. The minimum Gasteiger partial charge on any atom is -0.333 e. The number of aryl methyl sites for hydroxylation is 2. The minimum atomic E-state index is 0.695. The van der Waals surface area contributed by atoms with E-state index in [4.69, 9.17) is 11.6 Å². The smallest absolute Gasteiger partial charge is 0.131 e. The highest BCUT2D eigenvalue weighted by molar-refractivity contribution is 6.30. The fourth-order valence-corrected chi connectivity index (χ4v) is 2.29. The maximum atomic E-state index is 6.23. The van der Waals surface area contributed by atoms with Crippen molar-refractivity contribution in [3.8, 4) is 0 Å². The van der Waals surface area contributed by atoms with Gasteiger partial charge in [-0.25, -0.2) is 4.98 Å². The lowest BCUT2D eigenvalue weighted by Gasteiger charge is -2.02. The Kier molecular flexibility index (Phi) is 4.61. The van der Waals surface area contributed by atoms with Gasteiger partial charge in [-0.2, -0.15) is 5.10 Å². The van der Waals surface area contributed by atoms with E-state index in [0.717, 1.165) is 36.5 Å². The number of nitrogens with zero attached hydrogens (tertiary/aromatic N) is 4. The van der Waals surface area contributed by atoms with E-state index in [1.165, 1.54) is 0 Å². The second kappa shape index (κ2) is 6.21. The fraction of sp³-hybridized carbons (Fsp3) is 0.538. The molecule has 5 nitrogen and oxygen atoms in total. The maximum absolute atomic E-state index is 6.23. The molecule has 1 N–H and O–H groups in total. The maximum Gasteiger partial charge on any atom is 0.131 e. The zero-order valence-corrected chi connectivity index (χ0v) is 12.4. The van der Waals surface area contributed by atoms with E-state index < -0.39 is 0 Å². The van der Waals surface area contributed by atoms with Gasteiger partial charge >= 0.3 is 0 Å². The van der Waals surface area contributed by atoms with Crippen LogP contribution in [0.25, 0.3) is 0 Å². The van der Waals surface area contributed by atoms with Crippen LogP contribution in [0.15, 0.2) is 12.5 Å². The molecule has 0 aliphatic rings. The van der Waals surface area contributed by atoms with Crippen LogP contribution in [0.3, 0.4) is 0 Å². The summed E-state index contributed by atoms with van der Waals surface area (Å²) in [6.45, 7) is 6.74. The molecule has 2 rings (SSSR count). The molecule has 0 radical (unpaired) electrons. The van der Waals surface area contributed by atoms with Crippen LogP contribution < -0.4 is 5.32 Å². The van der Waals surface area contributed by atoms with Crippen LogP contribution >= 0.6 is 11.6 Å². The van der Waals surface area contributed by atoms with Crippen molar-refractivity contribution in [2.24, 2.45) is 7.05 Å². The number of imidazole rings is 1. The fourth-order valence-electron chi connectivity index (χ4n) is 2.05. The summed E-state index contributed by atoms with van der Waals surface area (Å²) >= 11 is 6.23. The molecule has 2 heterocycles. The number of rotatable bonds is 6. The third kappa shape index (κ3) is 3.36. The second-order valence-corrected chi connectivity index (χ2v) is 4.98. The average molecular weight is 282 g/mol. The first-order valence-corrected chi connectivity index (χ1v) is 6.89. The van der Waals surface area contributed by atoms with E-state index in [1.54, 1.807) is 4.68 Å². The van der Waals surface area contributed by atoms with Crippen LogP contribution in [0.2, 0.25) is 5.15 Å². The van der Waals surface area contributed by atoms with Crippen molar-refractivity contribution >= 4 is 11.6 Å². The summed E-state index contributed by atoms with van der Waals surface area (Å²) < 4.78 is 3.76. The molecule has 0 spiro atoms. The van der Waals surface area contributed by atoms with Gasteiger partial charge in [-0.1, -0.05) is 18.5 Å². The minimum absolute atomic E-state index is 0.695. The monoisotopic (exact) mass is 281 g/mol. The lowest BCUT2D eigenvalue weighted by atomic mass is 10.2. The Balaban J connectivity index is 2.03. The Morgan fingerprint density at radius 1 is 1.42 bits per heavy atom. The molecule has 6 heteroatoms. The summed E-state index contributed by atoms with van der Waals surface area (Å²) in [7, 11) is 1.86. The van der Waals surface area contributed by atoms with Gasteiger partial charge in [0.2, 0.25) is 0 Å². The van der Waals surface area contributed by atoms with Crippen molar-refractivity contribution in [3.63, 3.8) is 0 Å². The number of hydrogen-bond donors (Lipinski definition) is 1. The highest BCUT2D eigenvalue weighted by Gasteiger charge is 2.11. The highest BCUT2D eigenvalue weighted by atomic mass is 35.5. The molecule has 0 saturated carbocycles. The SMILES string of the molecule is CCNCCc1cn(Cc2c(C)nn(C)c2Cl)cn1. The van der Waals surface area contributed by atoms with E-state index in [9.17, 15) is 0 Å². The van der Waals surface area contributed by atoms with E-state index in [0.29, 0.717) is 11.7 Å². The topological polar surface area (TPSA) is 47.7 Å². The van der Waals surface area contributed by atoms with Crippen LogP contribution in [-0.4, -0.2) is 32.4 Å². The van der Waals surface area contributed by atoms with Gasteiger partial charge in [-0.05, 0) is 13.5 Å². The van der Waals surface area contributed by atoms with E-state index in [1.807, 2.05) is 20.3 Å². The van der Waals surface area contributed by atoms with Crippen molar-refractivity contribution in [2.75, 3.05) is 13.1 Å². The number of aromatic nitrogens is 4. The van der Waals surface area contributed by atoms with Gasteiger partial charge in [0.15, 0.2) is 0 Å². The average Bonchev–Trinajstić information content (AvgIpc) is 2.91. The van der Waals surface area contributed by atoms with E-state index >= 15 is 0 Å². The van der Waals surface area contributed by atoms with E-state index in [2.05, 4.69) is 33.1 Å². The van der Waals surface area contributed by atoms with E-state index in [-0.39, 0.29) is 0 Å². The van der Waals surface area contributed by atoms with Crippen LogP contribution in [0.5, 0.6) is 0 Å². The third-order valence-electron chi connectivity index (χ3n) is 3.11. The molecule has 2 aromatic heterocycles. The van der Waals surface area contributed by atoms with Crippen LogP contribution in [0.1, 0.15) is 23.9 Å². The molecule has 0 amide bonds. The second-order valence-electron chi connectivity index (χ2n) is 4.62. The quantitative estimate of drug-likeness (QED) is 0.821. The molecule has 2 aromatic rings. The lowest BCUT2D eigenvalue weighted by Crippen LogP contribution is -2.16. The molecule has 0 aliphatic carbocycles. The molecule has 0 atom stereocenters. The van der Waals surface area contributed by atoms with Crippen molar-refractivity contribution in [1.82, 2.24) is 24.6 Å².